The highest BCUT2D eigenvalue weighted by Crippen LogP contribution is 2.38. The summed E-state index contributed by atoms with van der Waals surface area (Å²) in [5.74, 6) is 0.650. The van der Waals surface area contributed by atoms with Crippen LogP contribution in [0.1, 0.15) is 32.9 Å². The van der Waals surface area contributed by atoms with Gasteiger partial charge >= 0.3 is 6.09 Å². The van der Waals surface area contributed by atoms with Crippen LogP contribution in [0, 0.1) is 12.8 Å². The summed E-state index contributed by atoms with van der Waals surface area (Å²) in [5, 5.41) is 13.0. The maximum atomic E-state index is 13.1. The lowest BCUT2D eigenvalue weighted by Crippen LogP contribution is -2.41. The molecule has 172 valence electrons. The first-order chi connectivity index (χ1) is 15.7. The molecule has 0 aliphatic heterocycles. The van der Waals surface area contributed by atoms with Crippen LogP contribution in [0.2, 0.25) is 0 Å². The number of fused-ring (bicyclic) bond motifs is 3. The lowest BCUT2D eigenvalue weighted by atomic mass is 10.0. The number of aromatic nitrogens is 3. The van der Waals surface area contributed by atoms with E-state index in [0.29, 0.717) is 40.2 Å². The Bertz CT molecular complexity index is 1400. The number of carboxylic acid groups (broad SMARTS) is 1. The van der Waals surface area contributed by atoms with Crippen LogP contribution in [0.5, 0.6) is 5.75 Å². The molecule has 4 aromatic rings. The van der Waals surface area contributed by atoms with E-state index in [2.05, 4.69) is 9.97 Å². The van der Waals surface area contributed by atoms with Gasteiger partial charge in [-0.25, -0.2) is 4.79 Å². The van der Waals surface area contributed by atoms with E-state index >= 15 is 0 Å². The molecule has 0 saturated heterocycles. The molecular formula is C24H26N4O4S. The highest BCUT2D eigenvalue weighted by Gasteiger charge is 2.25. The number of nitrogens with zero attached hydrogens (tertiary/aromatic N) is 4. The Labute approximate surface area is 195 Å². The minimum atomic E-state index is -1.17. The summed E-state index contributed by atoms with van der Waals surface area (Å²) in [7, 11) is 1.70. The van der Waals surface area contributed by atoms with Crippen molar-refractivity contribution in [2.75, 3.05) is 0 Å². The van der Waals surface area contributed by atoms with E-state index < -0.39 is 6.09 Å². The van der Waals surface area contributed by atoms with Crippen LogP contribution in [0.4, 0.5) is 4.79 Å². The Morgan fingerprint density at radius 3 is 2.67 bits per heavy atom. The summed E-state index contributed by atoms with van der Waals surface area (Å²) in [5.41, 5.74) is 3.56. The van der Waals surface area contributed by atoms with E-state index in [1.54, 1.807) is 35.6 Å². The monoisotopic (exact) mass is 466 g/mol. The van der Waals surface area contributed by atoms with E-state index in [4.69, 9.17) is 4.84 Å². The van der Waals surface area contributed by atoms with Crippen molar-refractivity contribution in [1.29, 1.82) is 0 Å². The van der Waals surface area contributed by atoms with Gasteiger partial charge in [-0.3, -0.25) is 14.8 Å². The third-order valence-electron chi connectivity index (χ3n) is 5.70. The van der Waals surface area contributed by atoms with Crippen molar-refractivity contribution in [2.45, 2.75) is 40.2 Å². The van der Waals surface area contributed by atoms with E-state index in [1.807, 2.05) is 39.8 Å². The minimum absolute atomic E-state index is 0.164. The van der Waals surface area contributed by atoms with E-state index in [0.717, 1.165) is 20.7 Å². The lowest BCUT2D eigenvalue weighted by Gasteiger charge is -2.28. The van der Waals surface area contributed by atoms with Gasteiger partial charge in [-0.05, 0) is 43.7 Å². The predicted molar refractivity (Wildman–Crippen MR) is 130 cm³/mol. The van der Waals surface area contributed by atoms with Crippen LogP contribution in [0.15, 0.2) is 40.9 Å². The molecule has 1 aromatic carbocycles. The number of carbonyl (C=O) groups is 1. The number of hydrogen-bond donors (Lipinski definition) is 1. The molecule has 0 bridgehead atoms. The van der Waals surface area contributed by atoms with Crippen LogP contribution < -0.4 is 10.4 Å². The van der Waals surface area contributed by atoms with Crippen molar-refractivity contribution in [2.24, 2.45) is 13.0 Å². The molecule has 1 N–H and O–H groups in total. The Morgan fingerprint density at radius 1 is 1.27 bits per heavy atom. The average molecular weight is 467 g/mol. The van der Waals surface area contributed by atoms with Crippen LogP contribution in [0.3, 0.4) is 0 Å². The Morgan fingerprint density at radius 2 is 2.03 bits per heavy atom. The summed E-state index contributed by atoms with van der Waals surface area (Å²) in [6.07, 6.45) is 2.88. The van der Waals surface area contributed by atoms with Crippen LogP contribution >= 0.6 is 11.3 Å². The number of hydroxylamine groups is 2. The van der Waals surface area contributed by atoms with E-state index in [1.165, 1.54) is 11.3 Å². The molecular weight excluding hydrogens is 440 g/mol. The van der Waals surface area contributed by atoms with Crippen molar-refractivity contribution in [1.82, 2.24) is 19.6 Å². The van der Waals surface area contributed by atoms with Crippen molar-refractivity contribution < 1.29 is 14.7 Å². The molecule has 3 aromatic heterocycles. The fraction of sp³-hybridized carbons (Fsp3) is 0.333. The van der Waals surface area contributed by atoms with Gasteiger partial charge in [0.15, 0.2) is 5.75 Å². The Hall–Kier alpha value is -3.46. The number of benzene rings is 1. The van der Waals surface area contributed by atoms with Gasteiger partial charge < -0.3 is 14.5 Å². The zero-order chi connectivity index (χ0) is 23.9. The van der Waals surface area contributed by atoms with Gasteiger partial charge in [0.1, 0.15) is 0 Å². The minimum Gasteiger partial charge on any atom is -0.463 e. The highest BCUT2D eigenvalue weighted by molar-refractivity contribution is 7.13. The molecule has 0 aliphatic carbocycles. The standard InChI is InChI=1S/C24H26N4O4S/c1-13(2)8-14(3)28(24(30)31)32-20-10-19-17(9-18(20)21-11-25-12-33-21)16-6-7-26-15(4)22(16)23(29)27(19)5/h6-7,9-14H,8H2,1-5H3,(H,30,31). The first kappa shape index (κ1) is 22.7. The lowest BCUT2D eigenvalue weighted by molar-refractivity contribution is -0.0676. The third kappa shape index (κ3) is 4.16. The van der Waals surface area contributed by atoms with E-state index in [-0.39, 0.29) is 11.6 Å². The molecule has 1 amide bonds. The third-order valence-corrected chi connectivity index (χ3v) is 6.51. The number of hydrogen-bond acceptors (Lipinski definition) is 6. The molecule has 4 rings (SSSR count). The summed E-state index contributed by atoms with van der Waals surface area (Å²) >= 11 is 1.43. The first-order valence-corrected chi connectivity index (χ1v) is 11.6. The predicted octanol–water partition coefficient (Wildman–Crippen LogP) is 5.23. The number of rotatable bonds is 6. The largest absolute Gasteiger partial charge is 0.463 e. The molecule has 0 spiro atoms. The van der Waals surface area contributed by atoms with Crippen molar-refractivity contribution >= 4 is 39.1 Å². The molecule has 3 heterocycles. The molecule has 9 heteroatoms. The quantitative estimate of drug-likeness (QED) is 0.309. The van der Waals surface area contributed by atoms with Gasteiger partial charge in [0, 0.05) is 36.5 Å². The van der Waals surface area contributed by atoms with E-state index in [9.17, 15) is 14.7 Å². The van der Waals surface area contributed by atoms with Gasteiger partial charge in [-0.1, -0.05) is 13.8 Å². The first-order valence-electron chi connectivity index (χ1n) is 10.7. The average Bonchev–Trinajstić information content (AvgIpc) is 3.29. The highest BCUT2D eigenvalue weighted by atomic mass is 32.1. The number of pyridine rings is 2. The smallest absolute Gasteiger partial charge is 0.440 e. The number of thiazole rings is 1. The molecule has 1 unspecified atom stereocenters. The van der Waals surface area contributed by atoms with Crippen molar-refractivity contribution in [3.8, 4) is 16.2 Å². The zero-order valence-corrected chi connectivity index (χ0v) is 20.0. The molecule has 33 heavy (non-hydrogen) atoms. The Balaban J connectivity index is 1.99. The normalized spacial score (nSPS) is 12.4. The molecule has 8 nitrogen and oxygen atoms in total. The van der Waals surface area contributed by atoms with Gasteiger partial charge in [-0.2, -0.15) is 0 Å². The second-order valence-electron chi connectivity index (χ2n) is 8.59. The van der Waals surface area contributed by atoms with Gasteiger partial charge in [0.25, 0.3) is 5.56 Å². The van der Waals surface area contributed by atoms with Crippen molar-refractivity contribution in [3.05, 3.63) is 52.2 Å². The van der Waals surface area contributed by atoms with Crippen LogP contribution in [-0.2, 0) is 7.05 Å². The van der Waals surface area contributed by atoms with Gasteiger partial charge in [0.2, 0.25) is 0 Å². The summed E-state index contributed by atoms with van der Waals surface area (Å²) in [6.45, 7) is 7.71. The Kier molecular flexibility index (Phi) is 6.07. The molecule has 0 radical (unpaired) electrons. The van der Waals surface area contributed by atoms with Crippen LogP contribution in [-0.4, -0.2) is 36.8 Å². The summed E-state index contributed by atoms with van der Waals surface area (Å²) < 4.78 is 1.55. The SMILES string of the molecule is Cc1nccc2c1c(=O)n(C)c1cc(ON(C(=O)O)C(C)CC(C)C)c(-c3cncs3)cc21. The van der Waals surface area contributed by atoms with Crippen molar-refractivity contribution in [3.63, 3.8) is 0 Å². The molecule has 1 atom stereocenters. The summed E-state index contributed by atoms with van der Waals surface area (Å²) in [4.78, 5) is 40.5. The topological polar surface area (TPSA) is 97.6 Å². The zero-order valence-electron chi connectivity index (χ0n) is 19.2. The fourth-order valence-electron chi connectivity index (χ4n) is 4.22. The maximum absolute atomic E-state index is 13.1. The van der Waals surface area contributed by atoms with Gasteiger partial charge in [-0.15, -0.1) is 16.4 Å². The second-order valence-corrected chi connectivity index (χ2v) is 9.48. The number of aryl methyl sites for hydroxylation is 2. The molecule has 0 fully saturated rings. The van der Waals surface area contributed by atoms with Gasteiger partial charge in [0.05, 0.1) is 33.0 Å². The number of amides is 1. The molecule has 0 aliphatic rings. The summed E-state index contributed by atoms with van der Waals surface area (Å²) in [6, 6.07) is 5.14. The fourth-order valence-corrected chi connectivity index (χ4v) is 4.86. The maximum Gasteiger partial charge on any atom is 0.440 e. The second kappa shape index (κ2) is 8.82. The molecule has 0 saturated carbocycles. The van der Waals surface area contributed by atoms with Crippen LogP contribution in [0.25, 0.3) is 32.1 Å².